The minimum Gasteiger partial charge on any atom is -0.344 e. The predicted molar refractivity (Wildman–Crippen MR) is 93.0 cm³/mol. The molecule has 0 spiro atoms. The fraction of sp³-hybridized carbons (Fsp3) is 0.294. The van der Waals surface area contributed by atoms with E-state index in [-0.39, 0.29) is 23.1 Å². The lowest BCUT2D eigenvalue weighted by atomic mass is 10.2. The summed E-state index contributed by atoms with van der Waals surface area (Å²) in [7, 11) is -3.39. The number of rotatable bonds is 4. The number of hydrogen-bond acceptors (Lipinski definition) is 5. The standard InChI is InChI=1S/C17H19N3O3S/c1-2-24(22,23)15-9-6-10-18-17(15)19-11-12-20(16(21)13-19)14-7-4-3-5-8-14/h3-10H,2,11-13H2,1H3. The molecule has 1 amide bonds. The van der Waals surface area contributed by atoms with Crippen LogP contribution in [0.5, 0.6) is 0 Å². The van der Waals surface area contributed by atoms with Crippen molar-refractivity contribution in [3.05, 3.63) is 48.7 Å². The molecule has 1 aromatic carbocycles. The Labute approximate surface area is 141 Å². The predicted octanol–water partition coefficient (Wildman–Crippen LogP) is 1.73. The number of pyridine rings is 1. The number of sulfone groups is 1. The van der Waals surface area contributed by atoms with Crippen molar-refractivity contribution in [2.24, 2.45) is 0 Å². The van der Waals surface area contributed by atoms with Crippen LogP contribution in [-0.4, -0.2) is 44.7 Å². The number of hydrogen-bond donors (Lipinski definition) is 0. The minimum absolute atomic E-state index is 0.00359. The molecule has 0 saturated carbocycles. The van der Waals surface area contributed by atoms with E-state index >= 15 is 0 Å². The summed E-state index contributed by atoms with van der Waals surface area (Å²) < 4.78 is 24.5. The third kappa shape index (κ3) is 3.12. The fourth-order valence-corrected chi connectivity index (χ4v) is 3.81. The van der Waals surface area contributed by atoms with E-state index in [9.17, 15) is 13.2 Å². The van der Waals surface area contributed by atoms with Gasteiger partial charge in [-0.25, -0.2) is 13.4 Å². The normalized spacial score (nSPS) is 15.6. The maximum atomic E-state index is 12.5. The van der Waals surface area contributed by atoms with Gasteiger partial charge in [0.15, 0.2) is 9.84 Å². The average molecular weight is 345 g/mol. The van der Waals surface area contributed by atoms with E-state index in [1.54, 1.807) is 35.1 Å². The molecule has 0 unspecified atom stereocenters. The highest BCUT2D eigenvalue weighted by atomic mass is 32.2. The molecule has 126 valence electrons. The van der Waals surface area contributed by atoms with Gasteiger partial charge in [0, 0.05) is 25.0 Å². The van der Waals surface area contributed by atoms with E-state index in [1.165, 1.54) is 0 Å². The summed E-state index contributed by atoms with van der Waals surface area (Å²) in [5, 5.41) is 0. The third-order valence-electron chi connectivity index (χ3n) is 4.05. The van der Waals surface area contributed by atoms with Crippen LogP contribution < -0.4 is 9.80 Å². The molecular formula is C17H19N3O3S. The van der Waals surface area contributed by atoms with Crippen LogP contribution in [0.25, 0.3) is 0 Å². The van der Waals surface area contributed by atoms with Crippen molar-refractivity contribution in [3.8, 4) is 0 Å². The first-order valence-electron chi connectivity index (χ1n) is 7.81. The Kier molecular flexibility index (Phi) is 4.53. The first-order valence-corrected chi connectivity index (χ1v) is 9.46. The van der Waals surface area contributed by atoms with Crippen molar-refractivity contribution < 1.29 is 13.2 Å². The number of nitrogens with zero attached hydrogens (tertiary/aromatic N) is 3. The molecule has 0 aliphatic carbocycles. The van der Waals surface area contributed by atoms with Crippen molar-refractivity contribution >= 4 is 27.2 Å². The summed E-state index contributed by atoms with van der Waals surface area (Å²) in [6.45, 7) is 2.73. The molecular weight excluding hydrogens is 326 g/mol. The summed E-state index contributed by atoms with van der Waals surface area (Å²) >= 11 is 0. The van der Waals surface area contributed by atoms with E-state index in [2.05, 4.69) is 4.98 Å². The molecule has 1 fully saturated rings. The molecule has 2 heterocycles. The number of amides is 1. The van der Waals surface area contributed by atoms with Crippen molar-refractivity contribution in [1.29, 1.82) is 0 Å². The van der Waals surface area contributed by atoms with Crippen molar-refractivity contribution in [1.82, 2.24) is 4.98 Å². The Morgan fingerprint density at radius 3 is 2.50 bits per heavy atom. The molecule has 0 atom stereocenters. The summed E-state index contributed by atoms with van der Waals surface area (Å²) in [4.78, 5) is 20.4. The molecule has 1 aliphatic heterocycles. The SMILES string of the molecule is CCS(=O)(=O)c1cccnc1N1CCN(c2ccccc2)C(=O)C1. The molecule has 0 bridgehead atoms. The first-order chi connectivity index (χ1) is 11.5. The van der Waals surface area contributed by atoms with Gasteiger partial charge in [-0.15, -0.1) is 0 Å². The van der Waals surface area contributed by atoms with Gasteiger partial charge in [0.2, 0.25) is 5.91 Å². The molecule has 6 nitrogen and oxygen atoms in total. The molecule has 0 radical (unpaired) electrons. The van der Waals surface area contributed by atoms with E-state index in [0.717, 1.165) is 5.69 Å². The monoisotopic (exact) mass is 345 g/mol. The molecule has 1 saturated heterocycles. The molecule has 24 heavy (non-hydrogen) atoms. The zero-order valence-corrected chi connectivity index (χ0v) is 14.2. The molecule has 1 aromatic heterocycles. The van der Waals surface area contributed by atoms with Crippen LogP contribution in [0, 0.1) is 0 Å². The number of para-hydroxylation sites is 1. The lowest BCUT2D eigenvalue weighted by Gasteiger charge is -2.35. The van der Waals surface area contributed by atoms with Crippen molar-refractivity contribution in [3.63, 3.8) is 0 Å². The third-order valence-corrected chi connectivity index (χ3v) is 5.80. The Morgan fingerprint density at radius 2 is 1.83 bits per heavy atom. The second kappa shape index (κ2) is 6.60. The molecule has 1 aliphatic rings. The van der Waals surface area contributed by atoms with E-state index in [0.29, 0.717) is 18.9 Å². The van der Waals surface area contributed by atoms with Gasteiger partial charge in [-0.2, -0.15) is 0 Å². The van der Waals surface area contributed by atoms with Crippen molar-refractivity contribution in [2.75, 3.05) is 35.2 Å². The molecule has 7 heteroatoms. The van der Waals surface area contributed by atoms with Crippen LogP contribution in [0.2, 0.25) is 0 Å². The lowest BCUT2D eigenvalue weighted by molar-refractivity contribution is -0.117. The minimum atomic E-state index is -3.39. The zero-order valence-electron chi connectivity index (χ0n) is 13.4. The Morgan fingerprint density at radius 1 is 1.08 bits per heavy atom. The quantitative estimate of drug-likeness (QED) is 0.844. The van der Waals surface area contributed by atoms with Crippen LogP contribution in [-0.2, 0) is 14.6 Å². The van der Waals surface area contributed by atoms with Crippen LogP contribution in [0.3, 0.4) is 0 Å². The number of anilines is 2. The topological polar surface area (TPSA) is 70.6 Å². The fourth-order valence-electron chi connectivity index (χ4n) is 2.75. The summed E-state index contributed by atoms with van der Waals surface area (Å²) in [5.41, 5.74) is 0.851. The van der Waals surface area contributed by atoms with E-state index in [4.69, 9.17) is 0 Å². The second-order valence-electron chi connectivity index (χ2n) is 5.53. The Bertz CT molecular complexity index is 837. The maximum absolute atomic E-state index is 12.5. The van der Waals surface area contributed by atoms with Gasteiger partial charge in [-0.1, -0.05) is 25.1 Å². The van der Waals surface area contributed by atoms with Crippen LogP contribution in [0.4, 0.5) is 11.5 Å². The summed E-state index contributed by atoms with van der Waals surface area (Å²) in [5.74, 6) is 0.294. The van der Waals surface area contributed by atoms with Gasteiger partial charge in [-0.05, 0) is 24.3 Å². The highest BCUT2D eigenvalue weighted by molar-refractivity contribution is 7.91. The number of piperazine rings is 1. The average Bonchev–Trinajstić information content (AvgIpc) is 2.62. The summed E-state index contributed by atoms with van der Waals surface area (Å²) in [6.07, 6.45) is 1.55. The highest BCUT2D eigenvalue weighted by Crippen LogP contribution is 2.26. The van der Waals surface area contributed by atoms with E-state index in [1.807, 2.05) is 30.3 Å². The second-order valence-corrected chi connectivity index (χ2v) is 7.78. The molecule has 3 rings (SSSR count). The highest BCUT2D eigenvalue weighted by Gasteiger charge is 2.29. The largest absolute Gasteiger partial charge is 0.344 e. The maximum Gasteiger partial charge on any atom is 0.246 e. The number of carbonyl (C=O) groups excluding carboxylic acids is 1. The molecule has 0 N–H and O–H groups in total. The molecule has 2 aromatic rings. The number of aromatic nitrogens is 1. The van der Waals surface area contributed by atoms with Gasteiger partial charge in [0.25, 0.3) is 0 Å². The van der Waals surface area contributed by atoms with Gasteiger partial charge < -0.3 is 9.80 Å². The van der Waals surface area contributed by atoms with E-state index < -0.39 is 9.84 Å². The first kappa shape index (κ1) is 16.4. The van der Waals surface area contributed by atoms with Gasteiger partial charge in [0.05, 0.1) is 12.3 Å². The van der Waals surface area contributed by atoms with Crippen LogP contribution >= 0.6 is 0 Å². The van der Waals surface area contributed by atoms with Crippen LogP contribution in [0.15, 0.2) is 53.6 Å². The number of benzene rings is 1. The van der Waals surface area contributed by atoms with Gasteiger partial charge in [-0.3, -0.25) is 4.79 Å². The lowest BCUT2D eigenvalue weighted by Crippen LogP contribution is -2.51. The Hall–Kier alpha value is -2.41. The Balaban J connectivity index is 1.86. The smallest absolute Gasteiger partial charge is 0.246 e. The van der Waals surface area contributed by atoms with Crippen LogP contribution in [0.1, 0.15) is 6.92 Å². The number of carbonyl (C=O) groups is 1. The van der Waals surface area contributed by atoms with Gasteiger partial charge in [0.1, 0.15) is 10.7 Å². The van der Waals surface area contributed by atoms with Crippen molar-refractivity contribution in [2.45, 2.75) is 11.8 Å². The zero-order chi connectivity index (χ0) is 17.2. The van der Waals surface area contributed by atoms with Gasteiger partial charge >= 0.3 is 0 Å². The summed E-state index contributed by atoms with van der Waals surface area (Å²) in [6, 6.07) is 12.6.